The van der Waals surface area contributed by atoms with Crippen molar-refractivity contribution in [2.24, 2.45) is 0 Å². The number of carbonyl (C=O) groups is 1. The van der Waals surface area contributed by atoms with Crippen LogP contribution in [0.15, 0.2) is 34.9 Å². The van der Waals surface area contributed by atoms with Crippen molar-refractivity contribution in [3.8, 4) is 5.75 Å². The van der Waals surface area contributed by atoms with E-state index in [0.717, 1.165) is 23.1 Å². The monoisotopic (exact) mass is 422 g/mol. The minimum Gasteiger partial charge on any atom is -0.490 e. The summed E-state index contributed by atoms with van der Waals surface area (Å²) < 4.78 is 6.83. The van der Waals surface area contributed by atoms with Crippen molar-refractivity contribution in [2.45, 2.75) is 32.8 Å². The fourth-order valence-electron chi connectivity index (χ4n) is 2.90. The van der Waals surface area contributed by atoms with E-state index >= 15 is 0 Å². The number of hydrogen-bond acceptors (Lipinski definition) is 3. The summed E-state index contributed by atoms with van der Waals surface area (Å²) >= 11 is 9.40. The van der Waals surface area contributed by atoms with E-state index in [9.17, 15) is 4.79 Å². The number of piperidine rings is 1. The Labute approximate surface area is 161 Å². The van der Waals surface area contributed by atoms with Crippen molar-refractivity contribution in [3.05, 3.63) is 56.8 Å². The largest absolute Gasteiger partial charge is 0.490 e. The lowest BCUT2D eigenvalue weighted by Gasteiger charge is -2.32. The summed E-state index contributed by atoms with van der Waals surface area (Å²) in [5.41, 5.74) is 2.92. The molecule has 2 heterocycles. The first kappa shape index (κ1) is 18.2. The van der Waals surface area contributed by atoms with Gasteiger partial charge in [0.2, 0.25) is 0 Å². The first-order valence-corrected chi connectivity index (χ1v) is 9.45. The second kappa shape index (κ2) is 7.75. The zero-order chi connectivity index (χ0) is 18.0. The Morgan fingerprint density at radius 1 is 1.24 bits per heavy atom. The van der Waals surface area contributed by atoms with Gasteiger partial charge in [-0.2, -0.15) is 0 Å². The molecule has 1 amide bonds. The van der Waals surface area contributed by atoms with Crippen LogP contribution in [0.25, 0.3) is 0 Å². The lowest BCUT2D eigenvalue weighted by molar-refractivity contribution is 0.0595. The van der Waals surface area contributed by atoms with E-state index in [-0.39, 0.29) is 17.2 Å². The lowest BCUT2D eigenvalue weighted by atomic mass is 10.1. The van der Waals surface area contributed by atoms with Crippen molar-refractivity contribution in [3.63, 3.8) is 0 Å². The fraction of sp³-hybridized carbons (Fsp3) is 0.368. The normalized spacial score (nSPS) is 15.3. The van der Waals surface area contributed by atoms with Crippen LogP contribution in [0.5, 0.6) is 5.75 Å². The molecule has 4 nitrogen and oxygen atoms in total. The highest BCUT2D eigenvalue weighted by Crippen LogP contribution is 2.24. The van der Waals surface area contributed by atoms with Gasteiger partial charge in [0.05, 0.1) is 5.56 Å². The van der Waals surface area contributed by atoms with Gasteiger partial charge in [0.25, 0.3) is 5.91 Å². The lowest BCUT2D eigenvalue weighted by Crippen LogP contribution is -2.42. The summed E-state index contributed by atoms with van der Waals surface area (Å²) in [4.78, 5) is 18.5. The van der Waals surface area contributed by atoms with Crippen molar-refractivity contribution in [1.29, 1.82) is 0 Å². The quantitative estimate of drug-likeness (QED) is 0.666. The molecule has 1 fully saturated rings. The number of ether oxygens (including phenoxy) is 1. The van der Waals surface area contributed by atoms with Gasteiger partial charge in [-0.15, -0.1) is 0 Å². The maximum Gasteiger partial charge on any atom is 0.257 e. The molecule has 0 unspecified atom stereocenters. The minimum atomic E-state index is -0.0802. The topological polar surface area (TPSA) is 42.4 Å². The third-order valence-electron chi connectivity index (χ3n) is 4.55. The number of hydrogen-bond donors (Lipinski definition) is 0. The highest BCUT2D eigenvalue weighted by atomic mass is 79.9. The second-order valence-corrected chi connectivity index (χ2v) is 7.62. The summed E-state index contributed by atoms with van der Waals surface area (Å²) in [6.45, 7) is 5.47. The number of amides is 1. The Balaban J connectivity index is 1.60. The number of benzene rings is 1. The summed E-state index contributed by atoms with van der Waals surface area (Å²) in [5.74, 6) is 0.815. The molecule has 0 atom stereocenters. The van der Waals surface area contributed by atoms with Crippen LogP contribution in [-0.2, 0) is 0 Å². The smallest absolute Gasteiger partial charge is 0.257 e. The molecule has 0 aliphatic carbocycles. The highest BCUT2D eigenvalue weighted by molar-refractivity contribution is 9.10. The number of aromatic nitrogens is 1. The molecule has 0 bridgehead atoms. The van der Waals surface area contributed by atoms with Crippen LogP contribution in [0.3, 0.4) is 0 Å². The third-order valence-corrected chi connectivity index (χ3v) is 5.28. The summed E-state index contributed by atoms with van der Waals surface area (Å²) in [6.07, 6.45) is 3.32. The first-order valence-electron chi connectivity index (χ1n) is 8.28. The van der Waals surface area contributed by atoms with Crippen molar-refractivity contribution >= 4 is 33.4 Å². The van der Waals surface area contributed by atoms with Crippen LogP contribution in [0.1, 0.15) is 34.3 Å². The maximum atomic E-state index is 12.7. The van der Waals surface area contributed by atoms with Gasteiger partial charge in [-0.3, -0.25) is 4.79 Å². The predicted molar refractivity (Wildman–Crippen MR) is 102 cm³/mol. The zero-order valence-corrected chi connectivity index (χ0v) is 16.6. The van der Waals surface area contributed by atoms with Crippen LogP contribution in [-0.4, -0.2) is 35.0 Å². The van der Waals surface area contributed by atoms with E-state index in [1.54, 1.807) is 12.3 Å². The standard InChI is InChI=1S/C19H20BrClN2O2/c1-12-3-4-16(9-13(12)2)25-15-5-7-23(8-6-15)19(24)17-10-14(20)11-22-18(17)21/h3-4,9-11,15H,5-8H2,1-2H3. The summed E-state index contributed by atoms with van der Waals surface area (Å²) in [7, 11) is 0. The Hall–Kier alpha value is -1.59. The van der Waals surface area contributed by atoms with E-state index in [2.05, 4.69) is 46.9 Å². The molecule has 0 spiro atoms. The summed E-state index contributed by atoms with van der Waals surface area (Å²) in [5, 5.41) is 0.238. The molecule has 3 rings (SSSR count). The Kier molecular flexibility index (Phi) is 5.64. The van der Waals surface area contributed by atoms with Gasteiger partial charge in [-0.1, -0.05) is 17.7 Å². The molecule has 132 valence electrons. The van der Waals surface area contributed by atoms with Gasteiger partial charge in [0.1, 0.15) is 17.0 Å². The van der Waals surface area contributed by atoms with Crippen molar-refractivity contribution < 1.29 is 9.53 Å². The van der Waals surface area contributed by atoms with Crippen molar-refractivity contribution in [2.75, 3.05) is 13.1 Å². The van der Waals surface area contributed by atoms with Crippen LogP contribution < -0.4 is 4.74 Å². The average Bonchev–Trinajstić information content (AvgIpc) is 2.60. The molecular formula is C19H20BrClN2O2. The number of likely N-dealkylation sites (tertiary alicyclic amines) is 1. The Bertz CT molecular complexity index is 789. The second-order valence-electron chi connectivity index (χ2n) is 6.35. The zero-order valence-electron chi connectivity index (χ0n) is 14.3. The van der Waals surface area contributed by atoms with E-state index in [1.165, 1.54) is 11.1 Å². The SMILES string of the molecule is Cc1ccc(OC2CCN(C(=O)c3cc(Br)cnc3Cl)CC2)cc1C. The van der Waals surface area contributed by atoms with Crippen molar-refractivity contribution in [1.82, 2.24) is 9.88 Å². The number of nitrogens with zero attached hydrogens (tertiary/aromatic N) is 2. The fourth-order valence-corrected chi connectivity index (χ4v) is 3.41. The number of carbonyl (C=O) groups excluding carboxylic acids is 1. The number of pyridine rings is 1. The molecule has 0 N–H and O–H groups in total. The number of halogens is 2. The average molecular weight is 424 g/mol. The number of rotatable bonds is 3. The molecule has 1 saturated heterocycles. The van der Waals surface area contributed by atoms with E-state index in [1.807, 2.05) is 11.0 Å². The van der Waals surface area contributed by atoms with Crippen LogP contribution in [0, 0.1) is 13.8 Å². The third kappa shape index (κ3) is 4.33. The maximum absolute atomic E-state index is 12.7. The van der Waals surface area contributed by atoms with Crippen LogP contribution in [0.4, 0.5) is 0 Å². The molecule has 1 aliphatic rings. The Morgan fingerprint density at radius 3 is 2.64 bits per heavy atom. The van der Waals surface area contributed by atoms with Crippen LogP contribution >= 0.6 is 27.5 Å². The predicted octanol–water partition coefficient (Wildman–Crippen LogP) is 4.80. The first-order chi connectivity index (χ1) is 11.9. The van der Waals surface area contributed by atoms with E-state index in [4.69, 9.17) is 16.3 Å². The van der Waals surface area contributed by atoms with Gasteiger partial charge in [-0.25, -0.2) is 4.98 Å². The molecular weight excluding hydrogens is 404 g/mol. The van der Waals surface area contributed by atoms with Crippen LogP contribution in [0.2, 0.25) is 5.15 Å². The van der Waals surface area contributed by atoms with Gasteiger partial charge >= 0.3 is 0 Å². The van der Waals surface area contributed by atoms with E-state index in [0.29, 0.717) is 18.7 Å². The van der Waals surface area contributed by atoms with Gasteiger partial charge in [0.15, 0.2) is 0 Å². The molecule has 1 aliphatic heterocycles. The molecule has 6 heteroatoms. The molecule has 2 aromatic rings. The molecule has 0 saturated carbocycles. The van der Waals surface area contributed by atoms with E-state index < -0.39 is 0 Å². The molecule has 0 radical (unpaired) electrons. The highest BCUT2D eigenvalue weighted by Gasteiger charge is 2.26. The minimum absolute atomic E-state index is 0.0802. The number of aryl methyl sites for hydroxylation is 2. The van der Waals surface area contributed by atoms with Gasteiger partial charge in [0, 0.05) is 36.6 Å². The van der Waals surface area contributed by atoms with Gasteiger partial charge in [-0.05, 0) is 59.1 Å². The summed E-state index contributed by atoms with van der Waals surface area (Å²) in [6, 6.07) is 7.87. The molecule has 25 heavy (non-hydrogen) atoms. The molecule has 1 aromatic heterocycles. The molecule has 1 aromatic carbocycles. The Morgan fingerprint density at radius 2 is 1.96 bits per heavy atom. The van der Waals surface area contributed by atoms with Gasteiger partial charge < -0.3 is 9.64 Å².